The van der Waals surface area contributed by atoms with Crippen molar-refractivity contribution in [3.05, 3.63) is 35.9 Å². The second kappa shape index (κ2) is 5.80. The van der Waals surface area contributed by atoms with E-state index in [1.165, 1.54) is 9.87 Å². The highest BCUT2D eigenvalue weighted by molar-refractivity contribution is 7.86. The summed E-state index contributed by atoms with van der Waals surface area (Å²) in [6.45, 7) is 0.688. The average Bonchev–Trinajstić information content (AvgIpc) is 3.29. The predicted octanol–water partition coefficient (Wildman–Crippen LogP) is 1.16. The van der Waals surface area contributed by atoms with Crippen molar-refractivity contribution < 1.29 is 13.5 Å². The Morgan fingerprint density at radius 2 is 2.12 bits per heavy atom. The summed E-state index contributed by atoms with van der Waals surface area (Å²) in [5, 5.41) is 16.4. The number of aliphatic hydroxyl groups excluding tert-OH is 1. The Morgan fingerprint density at radius 3 is 2.83 bits per heavy atom. The van der Waals surface area contributed by atoms with E-state index in [9.17, 15) is 13.5 Å². The van der Waals surface area contributed by atoms with Gasteiger partial charge in [-0.25, -0.2) is 10.1 Å². The van der Waals surface area contributed by atoms with Crippen LogP contribution in [-0.2, 0) is 10.2 Å². The van der Waals surface area contributed by atoms with E-state index in [4.69, 9.17) is 5.14 Å². The molecule has 2 aromatic heterocycles. The van der Waals surface area contributed by atoms with E-state index in [0.717, 1.165) is 30.3 Å². The summed E-state index contributed by atoms with van der Waals surface area (Å²) in [5.41, 5.74) is 2.97. The standard InChI is InChI=1S/C16H22N4O3S/c17-24(22,23)20-6-1-2-12(9-20)16(21)15-13(11-3-4-11)5-7-19-10-18-8-14(15)19/h5,7-8,10-12,16,21H,1-4,6,9H2,(H2,17,22,23). The van der Waals surface area contributed by atoms with Gasteiger partial charge in [-0.15, -0.1) is 0 Å². The summed E-state index contributed by atoms with van der Waals surface area (Å²) < 4.78 is 26.5. The first-order valence-corrected chi connectivity index (χ1v) is 9.86. The number of nitrogens with zero attached hydrogens (tertiary/aromatic N) is 3. The van der Waals surface area contributed by atoms with Crippen molar-refractivity contribution >= 4 is 15.7 Å². The summed E-state index contributed by atoms with van der Waals surface area (Å²) in [6, 6.07) is 2.06. The summed E-state index contributed by atoms with van der Waals surface area (Å²) in [6.07, 6.45) is 8.52. The molecule has 0 radical (unpaired) electrons. The molecule has 2 unspecified atom stereocenters. The molecule has 2 aliphatic rings. The van der Waals surface area contributed by atoms with Crippen molar-refractivity contribution in [2.45, 2.75) is 37.7 Å². The minimum absolute atomic E-state index is 0.157. The van der Waals surface area contributed by atoms with Crippen molar-refractivity contribution in [1.29, 1.82) is 0 Å². The van der Waals surface area contributed by atoms with E-state index in [2.05, 4.69) is 11.1 Å². The van der Waals surface area contributed by atoms with Crippen LogP contribution in [0.2, 0.25) is 0 Å². The van der Waals surface area contributed by atoms with Gasteiger partial charge in [-0.2, -0.15) is 12.7 Å². The molecule has 2 aromatic rings. The van der Waals surface area contributed by atoms with Gasteiger partial charge in [0.2, 0.25) is 0 Å². The molecule has 130 valence electrons. The molecule has 2 atom stereocenters. The maximum Gasteiger partial charge on any atom is 0.276 e. The fourth-order valence-electron chi connectivity index (χ4n) is 3.80. The van der Waals surface area contributed by atoms with E-state index in [1.54, 1.807) is 12.5 Å². The highest BCUT2D eigenvalue weighted by atomic mass is 32.2. The van der Waals surface area contributed by atoms with E-state index in [-0.39, 0.29) is 12.5 Å². The number of piperidine rings is 1. The van der Waals surface area contributed by atoms with Gasteiger partial charge in [0.05, 0.1) is 24.1 Å². The van der Waals surface area contributed by atoms with E-state index in [1.807, 2.05) is 10.6 Å². The fraction of sp³-hybridized carbons (Fsp3) is 0.562. The Hall–Kier alpha value is -1.48. The molecule has 1 saturated heterocycles. The molecular formula is C16H22N4O3S. The van der Waals surface area contributed by atoms with E-state index in [0.29, 0.717) is 18.9 Å². The van der Waals surface area contributed by atoms with Crippen molar-refractivity contribution in [3.63, 3.8) is 0 Å². The zero-order valence-corrected chi connectivity index (χ0v) is 14.2. The number of aliphatic hydroxyl groups is 1. The third-order valence-corrected chi connectivity index (χ3v) is 6.26. The van der Waals surface area contributed by atoms with Gasteiger partial charge in [0.25, 0.3) is 10.2 Å². The number of hydrogen-bond donors (Lipinski definition) is 2. The third kappa shape index (κ3) is 2.83. The second-order valence-electron chi connectivity index (χ2n) is 6.90. The molecule has 1 aliphatic heterocycles. The van der Waals surface area contributed by atoms with Gasteiger partial charge in [0.1, 0.15) is 0 Å². The molecule has 3 N–H and O–H groups in total. The quantitative estimate of drug-likeness (QED) is 0.864. The molecule has 8 heteroatoms. The molecule has 3 heterocycles. The predicted molar refractivity (Wildman–Crippen MR) is 89.5 cm³/mol. The topological polar surface area (TPSA) is 101 Å². The Labute approximate surface area is 141 Å². The number of rotatable bonds is 4. The normalized spacial score (nSPS) is 24.3. The first kappa shape index (κ1) is 16.0. The SMILES string of the molecule is NS(=O)(=O)N1CCCC(C(O)c2c(C3CC3)ccn3cncc23)C1. The molecule has 7 nitrogen and oxygen atoms in total. The summed E-state index contributed by atoms with van der Waals surface area (Å²) in [7, 11) is -3.72. The smallest absolute Gasteiger partial charge is 0.276 e. The maximum absolute atomic E-state index is 11.7. The molecule has 1 aliphatic carbocycles. The van der Waals surface area contributed by atoms with E-state index < -0.39 is 16.3 Å². The van der Waals surface area contributed by atoms with Crippen LogP contribution in [0.3, 0.4) is 0 Å². The molecule has 2 fully saturated rings. The lowest BCUT2D eigenvalue weighted by atomic mass is 9.86. The Kier molecular flexibility index (Phi) is 3.87. The van der Waals surface area contributed by atoms with Gasteiger partial charge in [-0.05, 0) is 43.2 Å². The van der Waals surface area contributed by atoms with Crippen molar-refractivity contribution in [1.82, 2.24) is 13.7 Å². The Morgan fingerprint density at radius 1 is 1.33 bits per heavy atom. The fourth-order valence-corrected chi connectivity index (χ4v) is 4.58. The monoisotopic (exact) mass is 350 g/mol. The average molecular weight is 350 g/mol. The van der Waals surface area contributed by atoms with Crippen molar-refractivity contribution in [2.24, 2.45) is 11.1 Å². The van der Waals surface area contributed by atoms with Crippen molar-refractivity contribution in [3.8, 4) is 0 Å². The van der Waals surface area contributed by atoms with Crippen LogP contribution in [-0.4, -0.2) is 40.3 Å². The Bertz CT molecular complexity index is 859. The Balaban J connectivity index is 1.71. The van der Waals surface area contributed by atoms with Crippen LogP contribution in [0.1, 0.15) is 48.8 Å². The minimum Gasteiger partial charge on any atom is -0.388 e. The molecular weight excluding hydrogens is 328 g/mol. The van der Waals surface area contributed by atoms with Crippen molar-refractivity contribution in [2.75, 3.05) is 13.1 Å². The lowest BCUT2D eigenvalue weighted by Crippen LogP contribution is -2.44. The first-order valence-electron chi connectivity index (χ1n) is 8.35. The summed E-state index contributed by atoms with van der Waals surface area (Å²) in [5.74, 6) is 0.336. The van der Waals surface area contributed by atoms with Crippen LogP contribution in [0, 0.1) is 5.92 Å². The molecule has 1 saturated carbocycles. The van der Waals surface area contributed by atoms with Crippen LogP contribution < -0.4 is 5.14 Å². The van der Waals surface area contributed by atoms with Crippen LogP contribution in [0.25, 0.3) is 5.52 Å². The van der Waals surface area contributed by atoms with Gasteiger partial charge in [0.15, 0.2) is 0 Å². The zero-order chi connectivity index (χ0) is 16.9. The van der Waals surface area contributed by atoms with Gasteiger partial charge in [-0.3, -0.25) is 0 Å². The first-order chi connectivity index (χ1) is 11.4. The number of aromatic nitrogens is 2. The number of pyridine rings is 1. The molecule has 4 rings (SSSR count). The molecule has 0 aromatic carbocycles. The van der Waals surface area contributed by atoms with Crippen LogP contribution >= 0.6 is 0 Å². The number of imidazole rings is 1. The third-order valence-electron chi connectivity index (χ3n) is 5.21. The second-order valence-corrected chi connectivity index (χ2v) is 8.44. The van der Waals surface area contributed by atoms with Gasteiger partial charge < -0.3 is 9.51 Å². The lowest BCUT2D eigenvalue weighted by Gasteiger charge is -2.34. The lowest BCUT2D eigenvalue weighted by molar-refractivity contribution is 0.0737. The van der Waals surface area contributed by atoms with E-state index >= 15 is 0 Å². The van der Waals surface area contributed by atoms with Gasteiger partial charge in [-0.1, -0.05) is 0 Å². The maximum atomic E-state index is 11.7. The largest absolute Gasteiger partial charge is 0.388 e. The highest BCUT2D eigenvalue weighted by Crippen LogP contribution is 2.45. The molecule has 0 bridgehead atoms. The summed E-state index contributed by atoms with van der Waals surface area (Å²) >= 11 is 0. The molecule has 0 spiro atoms. The van der Waals surface area contributed by atoms with Crippen LogP contribution in [0.5, 0.6) is 0 Å². The van der Waals surface area contributed by atoms with Crippen LogP contribution in [0.15, 0.2) is 24.8 Å². The zero-order valence-electron chi connectivity index (χ0n) is 13.4. The molecule has 24 heavy (non-hydrogen) atoms. The number of hydrogen-bond acceptors (Lipinski definition) is 4. The molecule has 0 amide bonds. The number of fused-ring (bicyclic) bond motifs is 1. The highest BCUT2D eigenvalue weighted by Gasteiger charge is 2.35. The number of nitrogens with two attached hydrogens (primary N) is 1. The van der Waals surface area contributed by atoms with Gasteiger partial charge in [0, 0.05) is 30.8 Å². The minimum atomic E-state index is -3.72. The van der Waals surface area contributed by atoms with Gasteiger partial charge >= 0.3 is 0 Å². The van der Waals surface area contributed by atoms with Crippen LogP contribution in [0.4, 0.5) is 0 Å². The summed E-state index contributed by atoms with van der Waals surface area (Å²) in [4.78, 5) is 4.19.